The number of esters is 1. The van der Waals surface area contributed by atoms with Crippen LogP contribution in [-0.2, 0) is 14.3 Å². The number of carbonyl (C=O) groups is 3. The zero-order valence-corrected chi connectivity index (χ0v) is 10.3. The van der Waals surface area contributed by atoms with Gasteiger partial charge < -0.3 is 15.2 Å². The Morgan fingerprint density at radius 2 is 2.16 bits per heavy atom. The number of amides is 1. The van der Waals surface area contributed by atoms with Gasteiger partial charge in [0.15, 0.2) is 0 Å². The van der Waals surface area contributed by atoms with Gasteiger partial charge in [0, 0.05) is 12.6 Å². The van der Waals surface area contributed by atoms with Crippen molar-refractivity contribution in [1.29, 1.82) is 0 Å². The molecular weight excluding hydrogens is 252 g/mol. The lowest BCUT2D eigenvalue weighted by atomic mass is 10.1. The van der Waals surface area contributed by atoms with Crippen molar-refractivity contribution in [2.24, 2.45) is 0 Å². The van der Waals surface area contributed by atoms with Gasteiger partial charge in [-0.25, -0.2) is 4.79 Å². The summed E-state index contributed by atoms with van der Waals surface area (Å²) in [4.78, 5) is 37.5. The van der Waals surface area contributed by atoms with Gasteiger partial charge in [-0.3, -0.25) is 14.6 Å². The molecule has 7 heteroatoms. The Morgan fingerprint density at radius 1 is 1.42 bits per heavy atom. The third-order valence-corrected chi connectivity index (χ3v) is 2.37. The first-order chi connectivity index (χ1) is 9.04. The van der Waals surface area contributed by atoms with Crippen LogP contribution in [0.1, 0.15) is 23.3 Å². The van der Waals surface area contributed by atoms with Crippen LogP contribution in [0, 0.1) is 0 Å². The summed E-state index contributed by atoms with van der Waals surface area (Å²) in [6.45, 7) is 0. The Hall–Kier alpha value is -2.44. The molecule has 0 aliphatic carbocycles. The molecule has 1 aromatic heterocycles. The first-order valence-corrected chi connectivity index (χ1v) is 5.56. The molecule has 1 amide bonds. The van der Waals surface area contributed by atoms with Crippen LogP contribution in [0.15, 0.2) is 24.4 Å². The van der Waals surface area contributed by atoms with E-state index in [2.05, 4.69) is 15.0 Å². The second kappa shape index (κ2) is 7.10. The van der Waals surface area contributed by atoms with Crippen molar-refractivity contribution in [2.75, 3.05) is 7.11 Å². The van der Waals surface area contributed by atoms with Gasteiger partial charge in [-0.15, -0.1) is 0 Å². The molecule has 0 aliphatic heterocycles. The summed E-state index contributed by atoms with van der Waals surface area (Å²) in [6.07, 6.45) is 1.30. The fraction of sp³-hybridized carbons (Fsp3) is 0.333. The molecule has 0 aliphatic rings. The molecular formula is C12H14N2O5. The van der Waals surface area contributed by atoms with Crippen LogP contribution in [0.2, 0.25) is 0 Å². The van der Waals surface area contributed by atoms with Gasteiger partial charge in [0.1, 0.15) is 11.7 Å². The third kappa shape index (κ3) is 4.74. The van der Waals surface area contributed by atoms with Crippen molar-refractivity contribution in [1.82, 2.24) is 10.3 Å². The van der Waals surface area contributed by atoms with E-state index in [1.165, 1.54) is 19.4 Å². The number of ether oxygens (including phenoxy) is 1. The predicted octanol–water partition coefficient (Wildman–Crippen LogP) is 0.218. The minimum atomic E-state index is -1.21. The Kier molecular flexibility index (Phi) is 5.46. The zero-order chi connectivity index (χ0) is 14.3. The number of aliphatic carboxylic acids is 1. The lowest BCUT2D eigenvalue weighted by Crippen LogP contribution is -2.41. The van der Waals surface area contributed by atoms with Gasteiger partial charge in [0.2, 0.25) is 0 Å². The quantitative estimate of drug-likeness (QED) is 0.713. The van der Waals surface area contributed by atoms with E-state index in [1.54, 1.807) is 12.1 Å². The van der Waals surface area contributed by atoms with Crippen LogP contribution in [0.5, 0.6) is 0 Å². The molecule has 1 rings (SSSR count). The van der Waals surface area contributed by atoms with E-state index in [9.17, 15) is 14.4 Å². The van der Waals surface area contributed by atoms with Gasteiger partial charge in [-0.1, -0.05) is 6.07 Å². The highest BCUT2D eigenvalue weighted by atomic mass is 16.5. The van der Waals surface area contributed by atoms with E-state index in [4.69, 9.17) is 5.11 Å². The van der Waals surface area contributed by atoms with Crippen molar-refractivity contribution in [3.8, 4) is 0 Å². The number of nitrogens with one attached hydrogen (secondary N) is 1. The minimum absolute atomic E-state index is 0.0411. The molecule has 1 unspecified atom stereocenters. The van der Waals surface area contributed by atoms with Crippen LogP contribution in [-0.4, -0.2) is 41.1 Å². The molecule has 0 spiro atoms. The third-order valence-electron chi connectivity index (χ3n) is 2.37. The molecule has 7 nitrogen and oxygen atoms in total. The molecule has 0 saturated heterocycles. The Balaban J connectivity index is 2.61. The Morgan fingerprint density at radius 3 is 2.68 bits per heavy atom. The van der Waals surface area contributed by atoms with Crippen molar-refractivity contribution < 1.29 is 24.2 Å². The van der Waals surface area contributed by atoms with E-state index in [0.29, 0.717) is 0 Å². The summed E-state index contributed by atoms with van der Waals surface area (Å²) in [7, 11) is 1.21. The minimum Gasteiger partial charge on any atom is -0.480 e. The number of carbonyl (C=O) groups excluding carboxylic acids is 2. The average molecular weight is 266 g/mol. The van der Waals surface area contributed by atoms with Crippen LogP contribution in [0.4, 0.5) is 0 Å². The number of carboxylic acids is 1. The smallest absolute Gasteiger partial charge is 0.326 e. The maximum Gasteiger partial charge on any atom is 0.326 e. The number of pyridine rings is 1. The SMILES string of the molecule is COC(=O)CCC(NC(=O)c1ccccn1)C(=O)O. The van der Waals surface area contributed by atoms with Gasteiger partial charge in [0.25, 0.3) is 5.91 Å². The molecule has 0 radical (unpaired) electrons. The summed E-state index contributed by atoms with van der Waals surface area (Å²) >= 11 is 0. The molecule has 0 saturated carbocycles. The highest BCUT2D eigenvalue weighted by Gasteiger charge is 2.22. The van der Waals surface area contributed by atoms with Crippen molar-refractivity contribution >= 4 is 17.8 Å². The van der Waals surface area contributed by atoms with Crippen molar-refractivity contribution in [3.05, 3.63) is 30.1 Å². The average Bonchev–Trinajstić information content (AvgIpc) is 2.43. The maximum absolute atomic E-state index is 11.7. The molecule has 1 atom stereocenters. The number of aromatic nitrogens is 1. The molecule has 1 aromatic rings. The fourth-order valence-corrected chi connectivity index (χ4v) is 1.35. The standard InChI is InChI=1S/C12H14N2O5/c1-19-10(15)6-5-9(12(17)18)14-11(16)8-4-2-3-7-13-8/h2-4,7,9H,5-6H2,1H3,(H,14,16)(H,17,18). The van der Waals surface area contributed by atoms with Gasteiger partial charge in [-0.05, 0) is 18.6 Å². The number of nitrogens with zero attached hydrogens (tertiary/aromatic N) is 1. The van der Waals surface area contributed by atoms with Gasteiger partial charge in [-0.2, -0.15) is 0 Å². The highest BCUT2D eigenvalue weighted by molar-refractivity contribution is 5.94. The topological polar surface area (TPSA) is 106 Å². The van der Waals surface area contributed by atoms with Crippen molar-refractivity contribution in [2.45, 2.75) is 18.9 Å². The van der Waals surface area contributed by atoms with Crippen LogP contribution in [0.25, 0.3) is 0 Å². The summed E-state index contributed by atoms with van der Waals surface area (Å²) in [5.74, 6) is -2.34. The normalized spacial score (nSPS) is 11.4. The Bertz CT molecular complexity index is 460. The highest BCUT2D eigenvalue weighted by Crippen LogP contribution is 2.02. The first-order valence-electron chi connectivity index (χ1n) is 5.56. The molecule has 0 aromatic carbocycles. The summed E-state index contributed by atoms with van der Waals surface area (Å²) in [6, 6.07) is 3.57. The lowest BCUT2D eigenvalue weighted by Gasteiger charge is -2.13. The van der Waals surface area contributed by atoms with Gasteiger partial charge >= 0.3 is 11.9 Å². The second-order valence-electron chi connectivity index (χ2n) is 3.69. The number of carboxylic acid groups (broad SMARTS) is 1. The van der Waals surface area contributed by atoms with Crippen LogP contribution >= 0.6 is 0 Å². The largest absolute Gasteiger partial charge is 0.480 e. The number of methoxy groups -OCH3 is 1. The summed E-state index contributed by atoms with van der Waals surface area (Å²) < 4.78 is 4.41. The molecule has 102 valence electrons. The van der Waals surface area contributed by atoms with E-state index in [1.807, 2.05) is 0 Å². The van der Waals surface area contributed by atoms with Crippen LogP contribution < -0.4 is 5.32 Å². The zero-order valence-electron chi connectivity index (χ0n) is 10.3. The van der Waals surface area contributed by atoms with Crippen LogP contribution in [0.3, 0.4) is 0 Å². The Labute approximate surface area is 109 Å². The number of rotatable bonds is 6. The fourth-order valence-electron chi connectivity index (χ4n) is 1.35. The molecule has 0 bridgehead atoms. The van der Waals surface area contributed by atoms with Crippen molar-refractivity contribution in [3.63, 3.8) is 0 Å². The van der Waals surface area contributed by atoms with E-state index in [0.717, 1.165) is 0 Å². The maximum atomic E-state index is 11.7. The summed E-state index contributed by atoms with van der Waals surface area (Å²) in [5.41, 5.74) is 0.117. The van der Waals surface area contributed by atoms with E-state index < -0.39 is 23.9 Å². The van der Waals surface area contributed by atoms with Gasteiger partial charge in [0.05, 0.1) is 7.11 Å². The summed E-state index contributed by atoms with van der Waals surface area (Å²) in [5, 5.41) is 11.3. The van der Waals surface area contributed by atoms with E-state index >= 15 is 0 Å². The monoisotopic (exact) mass is 266 g/mol. The molecule has 1 heterocycles. The number of hydrogen-bond donors (Lipinski definition) is 2. The molecule has 2 N–H and O–H groups in total. The number of hydrogen-bond acceptors (Lipinski definition) is 5. The van der Waals surface area contributed by atoms with E-state index in [-0.39, 0.29) is 18.5 Å². The lowest BCUT2D eigenvalue weighted by molar-refractivity contribution is -0.142. The molecule has 19 heavy (non-hydrogen) atoms. The molecule has 0 fully saturated rings. The first kappa shape index (κ1) is 14.6. The predicted molar refractivity (Wildman–Crippen MR) is 64.4 cm³/mol. The second-order valence-corrected chi connectivity index (χ2v) is 3.69.